The lowest BCUT2D eigenvalue weighted by Crippen LogP contribution is -2.54. The summed E-state index contributed by atoms with van der Waals surface area (Å²) in [6.07, 6.45) is 4.57. The first-order valence-electron chi connectivity index (χ1n) is 10.9. The largest absolute Gasteiger partial charge is 0.341 e. The summed E-state index contributed by atoms with van der Waals surface area (Å²) >= 11 is 6.19. The normalized spacial score (nSPS) is 21.7. The maximum absolute atomic E-state index is 12.9. The Labute approximate surface area is 192 Å². The third-order valence-corrected chi connectivity index (χ3v) is 7.85. The van der Waals surface area contributed by atoms with Crippen molar-refractivity contribution in [1.82, 2.24) is 14.5 Å². The van der Waals surface area contributed by atoms with Crippen LogP contribution in [-0.2, 0) is 24.4 Å². The van der Waals surface area contributed by atoms with E-state index in [1.807, 2.05) is 0 Å². The standard InChI is InChI=1S/C21H27ClN4O5S/c22-16-12-15(7-8-17(16)23-20(28)14-5-6-14)32(30,31)24-18-4-3-11-26(21(18)29)13-19(27)25-9-1-2-10-25/h7-8,12,14,18,24H,1-6,9-11,13H2,(H,23,28). The second kappa shape index (κ2) is 9.36. The Hall–Kier alpha value is -2.17. The van der Waals surface area contributed by atoms with Crippen LogP contribution < -0.4 is 10.0 Å². The molecule has 3 fully saturated rings. The molecule has 1 unspecified atom stereocenters. The van der Waals surface area contributed by atoms with Crippen molar-refractivity contribution in [1.29, 1.82) is 0 Å². The monoisotopic (exact) mass is 482 g/mol. The number of amides is 3. The van der Waals surface area contributed by atoms with Gasteiger partial charge in [-0.25, -0.2) is 8.42 Å². The van der Waals surface area contributed by atoms with E-state index in [4.69, 9.17) is 11.6 Å². The third kappa shape index (κ3) is 5.24. The number of likely N-dealkylation sites (tertiary alicyclic amines) is 2. The molecule has 2 aliphatic heterocycles. The first-order valence-corrected chi connectivity index (χ1v) is 12.8. The van der Waals surface area contributed by atoms with Crippen LogP contribution in [0.5, 0.6) is 0 Å². The molecule has 174 valence electrons. The number of sulfonamides is 1. The number of rotatable bonds is 7. The van der Waals surface area contributed by atoms with E-state index < -0.39 is 22.0 Å². The number of benzene rings is 1. The Morgan fingerprint density at radius 3 is 2.44 bits per heavy atom. The van der Waals surface area contributed by atoms with Crippen molar-refractivity contribution in [2.45, 2.75) is 49.5 Å². The van der Waals surface area contributed by atoms with Gasteiger partial charge in [-0.15, -0.1) is 0 Å². The Morgan fingerprint density at radius 2 is 1.78 bits per heavy atom. The molecule has 1 saturated carbocycles. The number of halogens is 1. The third-order valence-electron chi connectivity index (χ3n) is 6.07. The van der Waals surface area contributed by atoms with E-state index >= 15 is 0 Å². The molecule has 2 heterocycles. The number of piperidine rings is 1. The van der Waals surface area contributed by atoms with Crippen molar-refractivity contribution in [2.75, 3.05) is 31.5 Å². The average molecular weight is 483 g/mol. The molecule has 9 nitrogen and oxygen atoms in total. The van der Waals surface area contributed by atoms with E-state index in [9.17, 15) is 22.8 Å². The van der Waals surface area contributed by atoms with Crippen molar-refractivity contribution < 1.29 is 22.8 Å². The molecule has 4 rings (SSSR count). The number of nitrogens with zero attached hydrogens (tertiary/aromatic N) is 2. The van der Waals surface area contributed by atoms with Gasteiger partial charge in [-0.05, 0) is 56.7 Å². The van der Waals surface area contributed by atoms with Gasteiger partial charge < -0.3 is 15.1 Å². The lowest BCUT2D eigenvalue weighted by molar-refractivity contribution is -0.142. The summed E-state index contributed by atoms with van der Waals surface area (Å²) in [4.78, 5) is 40.3. The molecular formula is C21H27ClN4O5S. The van der Waals surface area contributed by atoms with Gasteiger partial charge in [-0.2, -0.15) is 4.72 Å². The van der Waals surface area contributed by atoms with Gasteiger partial charge in [-0.3, -0.25) is 14.4 Å². The van der Waals surface area contributed by atoms with E-state index in [0.717, 1.165) is 25.7 Å². The number of anilines is 1. The Morgan fingerprint density at radius 1 is 1.06 bits per heavy atom. The second-order valence-corrected chi connectivity index (χ2v) is 10.7. The van der Waals surface area contributed by atoms with Crippen molar-refractivity contribution >= 4 is 45.0 Å². The molecule has 0 spiro atoms. The fraction of sp³-hybridized carbons (Fsp3) is 0.571. The van der Waals surface area contributed by atoms with Crippen molar-refractivity contribution in [3.63, 3.8) is 0 Å². The molecule has 11 heteroatoms. The molecular weight excluding hydrogens is 456 g/mol. The minimum absolute atomic E-state index is 0.00578. The molecule has 3 amide bonds. The van der Waals surface area contributed by atoms with Crippen LogP contribution in [0.2, 0.25) is 5.02 Å². The van der Waals surface area contributed by atoms with Crippen LogP contribution in [0.4, 0.5) is 5.69 Å². The van der Waals surface area contributed by atoms with E-state index in [1.165, 1.54) is 23.1 Å². The molecule has 2 N–H and O–H groups in total. The van der Waals surface area contributed by atoms with Crippen molar-refractivity contribution in [3.05, 3.63) is 23.2 Å². The summed E-state index contributed by atoms with van der Waals surface area (Å²) in [6.45, 7) is 1.81. The molecule has 2 saturated heterocycles. The zero-order valence-corrected chi connectivity index (χ0v) is 19.3. The summed E-state index contributed by atoms with van der Waals surface area (Å²) in [5, 5.41) is 2.81. The van der Waals surface area contributed by atoms with Gasteiger partial charge in [0.15, 0.2) is 0 Å². The number of hydrogen-bond acceptors (Lipinski definition) is 5. The zero-order chi connectivity index (χ0) is 22.9. The number of hydrogen-bond donors (Lipinski definition) is 2. The van der Waals surface area contributed by atoms with E-state index in [2.05, 4.69) is 10.0 Å². The summed E-state index contributed by atoms with van der Waals surface area (Å²) in [6, 6.07) is 3.11. The van der Waals surface area contributed by atoms with Gasteiger partial charge in [0, 0.05) is 25.6 Å². The molecule has 0 radical (unpaired) electrons. The average Bonchev–Trinajstić information content (AvgIpc) is 3.46. The summed E-state index contributed by atoms with van der Waals surface area (Å²) in [5.41, 5.74) is 0.350. The minimum atomic E-state index is -4.02. The predicted molar refractivity (Wildman–Crippen MR) is 119 cm³/mol. The fourth-order valence-electron chi connectivity index (χ4n) is 4.04. The van der Waals surface area contributed by atoms with Gasteiger partial charge in [0.05, 0.1) is 22.2 Å². The van der Waals surface area contributed by atoms with Gasteiger partial charge in [0.1, 0.15) is 6.04 Å². The predicted octanol–water partition coefficient (Wildman–Crippen LogP) is 1.58. The van der Waals surface area contributed by atoms with Crippen LogP contribution in [0.25, 0.3) is 0 Å². The Balaban J connectivity index is 1.40. The van der Waals surface area contributed by atoms with Crippen LogP contribution in [0.1, 0.15) is 38.5 Å². The highest BCUT2D eigenvalue weighted by Gasteiger charge is 2.34. The minimum Gasteiger partial charge on any atom is -0.341 e. The van der Waals surface area contributed by atoms with Gasteiger partial charge in [0.2, 0.25) is 27.7 Å². The maximum Gasteiger partial charge on any atom is 0.242 e. The van der Waals surface area contributed by atoms with Gasteiger partial charge in [0.25, 0.3) is 0 Å². The summed E-state index contributed by atoms with van der Waals surface area (Å²) in [7, 11) is -4.02. The first-order chi connectivity index (χ1) is 15.2. The highest BCUT2D eigenvalue weighted by atomic mass is 35.5. The van der Waals surface area contributed by atoms with Crippen LogP contribution in [0.3, 0.4) is 0 Å². The van der Waals surface area contributed by atoms with Gasteiger partial charge in [-0.1, -0.05) is 11.6 Å². The molecule has 0 aromatic heterocycles. The highest BCUT2D eigenvalue weighted by Crippen LogP contribution is 2.32. The van der Waals surface area contributed by atoms with E-state index in [-0.39, 0.29) is 34.2 Å². The lowest BCUT2D eigenvalue weighted by Gasteiger charge is -2.33. The fourth-order valence-corrected chi connectivity index (χ4v) is 5.58. The number of carbonyl (C=O) groups is 3. The number of nitrogens with one attached hydrogen (secondary N) is 2. The quantitative estimate of drug-likeness (QED) is 0.612. The molecule has 1 aliphatic carbocycles. The first kappa shape index (κ1) is 23.0. The zero-order valence-electron chi connectivity index (χ0n) is 17.7. The van der Waals surface area contributed by atoms with E-state index in [1.54, 1.807) is 4.90 Å². The topological polar surface area (TPSA) is 116 Å². The SMILES string of the molecule is O=C(Nc1ccc(S(=O)(=O)NC2CCCN(CC(=O)N3CCCC3)C2=O)cc1Cl)C1CC1. The summed E-state index contributed by atoms with van der Waals surface area (Å²) < 4.78 is 28.2. The molecule has 0 bridgehead atoms. The molecule has 1 aromatic rings. The molecule has 1 aromatic carbocycles. The molecule has 32 heavy (non-hydrogen) atoms. The van der Waals surface area contributed by atoms with Crippen molar-refractivity contribution in [3.8, 4) is 0 Å². The molecule has 1 atom stereocenters. The number of carbonyl (C=O) groups excluding carboxylic acids is 3. The van der Waals surface area contributed by atoms with Gasteiger partial charge >= 0.3 is 0 Å². The lowest BCUT2D eigenvalue weighted by atomic mass is 10.1. The van der Waals surface area contributed by atoms with Crippen LogP contribution in [0.15, 0.2) is 23.1 Å². The Bertz CT molecular complexity index is 1020. The second-order valence-electron chi connectivity index (χ2n) is 8.57. The smallest absolute Gasteiger partial charge is 0.242 e. The highest BCUT2D eigenvalue weighted by molar-refractivity contribution is 7.89. The maximum atomic E-state index is 12.9. The van der Waals surface area contributed by atoms with Crippen LogP contribution in [0, 0.1) is 5.92 Å². The van der Waals surface area contributed by atoms with E-state index in [0.29, 0.717) is 38.2 Å². The van der Waals surface area contributed by atoms with Crippen molar-refractivity contribution in [2.24, 2.45) is 5.92 Å². The summed E-state index contributed by atoms with van der Waals surface area (Å²) in [5.74, 6) is -0.632. The van der Waals surface area contributed by atoms with Crippen LogP contribution >= 0.6 is 11.6 Å². The Kier molecular flexibility index (Phi) is 6.73. The van der Waals surface area contributed by atoms with Crippen LogP contribution in [-0.4, -0.2) is 68.2 Å². The molecule has 3 aliphatic rings.